The van der Waals surface area contributed by atoms with Crippen molar-refractivity contribution in [3.63, 3.8) is 0 Å². The SMILES string of the molecule is COc1cccc(Nc2nnc(SC(C)C(=O)Nc3ccc(C)c(F)c3)s2)c1. The fourth-order valence-corrected chi connectivity index (χ4v) is 4.17. The minimum atomic E-state index is -0.415. The standard InChI is InChI=1S/C19H19FN4O2S2/c1-11-7-8-14(10-16(11)20)21-17(25)12(2)27-19-24-23-18(28-19)22-13-5-4-6-15(9-13)26-3/h4-10,12H,1-3H3,(H,21,25)(H,22,23). The van der Waals surface area contributed by atoms with E-state index in [9.17, 15) is 9.18 Å². The number of thioether (sulfide) groups is 1. The number of nitrogens with zero attached hydrogens (tertiary/aromatic N) is 2. The topological polar surface area (TPSA) is 76.1 Å². The lowest BCUT2D eigenvalue weighted by Gasteiger charge is -2.10. The van der Waals surface area contributed by atoms with Crippen LogP contribution in [0.1, 0.15) is 12.5 Å². The van der Waals surface area contributed by atoms with E-state index in [0.717, 1.165) is 11.4 Å². The zero-order valence-electron chi connectivity index (χ0n) is 15.5. The van der Waals surface area contributed by atoms with Gasteiger partial charge in [-0.2, -0.15) is 0 Å². The first-order valence-electron chi connectivity index (χ1n) is 8.43. The summed E-state index contributed by atoms with van der Waals surface area (Å²) in [6.07, 6.45) is 0. The van der Waals surface area contributed by atoms with Gasteiger partial charge in [-0.25, -0.2) is 4.39 Å². The van der Waals surface area contributed by atoms with Crippen LogP contribution in [0.15, 0.2) is 46.8 Å². The highest BCUT2D eigenvalue weighted by Gasteiger charge is 2.18. The van der Waals surface area contributed by atoms with Crippen molar-refractivity contribution in [1.29, 1.82) is 0 Å². The van der Waals surface area contributed by atoms with E-state index in [1.165, 1.54) is 29.2 Å². The van der Waals surface area contributed by atoms with Crippen LogP contribution >= 0.6 is 23.1 Å². The number of ether oxygens (including phenoxy) is 1. The van der Waals surface area contributed by atoms with Gasteiger partial charge in [0.25, 0.3) is 0 Å². The van der Waals surface area contributed by atoms with Gasteiger partial charge in [0.2, 0.25) is 11.0 Å². The molecular weight excluding hydrogens is 399 g/mol. The van der Waals surface area contributed by atoms with Crippen LogP contribution in [0.25, 0.3) is 0 Å². The van der Waals surface area contributed by atoms with Crippen molar-refractivity contribution in [1.82, 2.24) is 10.2 Å². The molecule has 3 rings (SSSR count). The van der Waals surface area contributed by atoms with Gasteiger partial charge < -0.3 is 15.4 Å². The molecule has 6 nitrogen and oxygen atoms in total. The Kier molecular flexibility index (Phi) is 6.48. The molecule has 1 unspecified atom stereocenters. The van der Waals surface area contributed by atoms with E-state index in [1.807, 2.05) is 24.3 Å². The Morgan fingerprint density at radius 2 is 2.04 bits per heavy atom. The number of amides is 1. The van der Waals surface area contributed by atoms with Gasteiger partial charge >= 0.3 is 0 Å². The number of hydrogen-bond acceptors (Lipinski definition) is 7. The number of carbonyl (C=O) groups is 1. The molecule has 0 aliphatic rings. The third kappa shape index (κ3) is 5.20. The summed E-state index contributed by atoms with van der Waals surface area (Å²) < 4.78 is 19.5. The first kappa shape index (κ1) is 20.1. The zero-order chi connectivity index (χ0) is 20.1. The molecule has 1 atom stereocenters. The summed E-state index contributed by atoms with van der Waals surface area (Å²) in [5.74, 6) is 0.156. The van der Waals surface area contributed by atoms with E-state index in [4.69, 9.17) is 4.74 Å². The molecule has 3 aromatic rings. The van der Waals surface area contributed by atoms with Gasteiger partial charge in [0, 0.05) is 17.4 Å². The summed E-state index contributed by atoms with van der Waals surface area (Å²) >= 11 is 2.64. The monoisotopic (exact) mass is 418 g/mol. The maximum atomic E-state index is 13.6. The Hall–Kier alpha value is -2.65. The van der Waals surface area contributed by atoms with Crippen LogP contribution in [-0.2, 0) is 4.79 Å². The number of anilines is 3. The van der Waals surface area contributed by atoms with Crippen LogP contribution in [0.5, 0.6) is 5.75 Å². The predicted molar refractivity (Wildman–Crippen MR) is 111 cm³/mol. The van der Waals surface area contributed by atoms with Crippen LogP contribution < -0.4 is 15.4 Å². The minimum Gasteiger partial charge on any atom is -0.497 e. The summed E-state index contributed by atoms with van der Waals surface area (Å²) in [6, 6.07) is 12.1. The summed E-state index contributed by atoms with van der Waals surface area (Å²) in [5, 5.41) is 14.3. The van der Waals surface area contributed by atoms with E-state index in [-0.39, 0.29) is 11.7 Å². The van der Waals surface area contributed by atoms with Gasteiger partial charge in [-0.05, 0) is 43.7 Å². The third-order valence-electron chi connectivity index (χ3n) is 3.81. The largest absolute Gasteiger partial charge is 0.497 e. The lowest BCUT2D eigenvalue weighted by Crippen LogP contribution is -2.22. The number of carbonyl (C=O) groups excluding carboxylic acids is 1. The second kappa shape index (κ2) is 9.03. The van der Waals surface area contributed by atoms with E-state index in [1.54, 1.807) is 33.1 Å². The zero-order valence-corrected chi connectivity index (χ0v) is 17.2. The highest BCUT2D eigenvalue weighted by Crippen LogP contribution is 2.31. The Morgan fingerprint density at radius 1 is 1.21 bits per heavy atom. The van der Waals surface area contributed by atoms with Crippen molar-refractivity contribution in [2.45, 2.75) is 23.4 Å². The number of halogens is 1. The lowest BCUT2D eigenvalue weighted by atomic mass is 10.2. The Morgan fingerprint density at radius 3 is 2.79 bits per heavy atom. The molecule has 0 aliphatic heterocycles. The Bertz CT molecular complexity index is 980. The summed E-state index contributed by atoms with van der Waals surface area (Å²) in [7, 11) is 1.61. The van der Waals surface area contributed by atoms with E-state index in [0.29, 0.717) is 20.7 Å². The van der Waals surface area contributed by atoms with Crippen LogP contribution in [-0.4, -0.2) is 28.5 Å². The van der Waals surface area contributed by atoms with E-state index < -0.39 is 5.25 Å². The second-order valence-corrected chi connectivity index (χ2v) is 8.51. The van der Waals surface area contributed by atoms with Gasteiger partial charge in [0.05, 0.1) is 12.4 Å². The molecule has 2 N–H and O–H groups in total. The van der Waals surface area contributed by atoms with Gasteiger partial charge in [-0.1, -0.05) is 35.2 Å². The highest BCUT2D eigenvalue weighted by atomic mass is 32.2. The molecule has 0 saturated carbocycles. The quantitative estimate of drug-likeness (QED) is 0.534. The predicted octanol–water partition coefficient (Wildman–Crippen LogP) is 4.86. The van der Waals surface area contributed by atoms with Crippen molar-refractivity contribution in [3.8, 4) is 5.75 Å². The maximum absolute atomic E-state index is 13.6. The summed E-state index contributed by atoms with van der Waals surface area (Å²) in [4.78, 5) is 12.4. The summed E-state index contributed by atoms with van der Waals surface area (Å²) in [6.45, 7) is 3.44. The minimum absolute atomic E-state index is 0.231. The first-order chi connectivity index (χ1) is 13.4. The van der Waals surface area contributed by atoms with Gasteiger partial charge in [0.1, 0.15) is 11.6 Å². The molecular formula is C19H19FN4O2S2. The van der Waals surface area contributed by atoms with Gasteiger partial charge in [-0.15, -0.1) is 10.2 Å². The third-order valence-corrected chi connectivity index (χ3v) is 5.84. The number of hydrogen-bond donors (Lipinski definition) is 2. The van der Waals surface area contributed by atoms with Gasteiger partial charge in [0.15, 0.2) is 4.34 Å². The van der Waals surface area contributed by atoms with Crippen molar-refractivity contribution in [2.75, 3.05) is 17.7 Å². The number of methoxy groups -OCH3 is 1. The number of rotatable bonds is 7. The van der Waals surface area contributed by atoms with Crippen LogP contribution in [0.4, 0.5) is 20.9 Å². The number of aromatic nitrogens is 2. The molecule has 0 aliphatic carbocycles. The smallest absolute Gasteiger partial charge is 0.237 e. The highest BCUT2D eigenvalue weighted by molar-refractivity contribution is 8.02. The molecule has 2 aromatic carbocycles. The van der Waals surface area contributed by atoms with Crippen molar-refractivity contribution >= 4 is 45.5 Å². The molecule has 0 fully saturated rings. The molecule has 0 radical (unpaired) electrons. The molecule has 1 amide bonds. The molecule has 1 aromatic heterocycles. The molecule has 0 bridgehead atoms. The first-order valence-corrected chi connectivity index (χ1v) is 10.1. The van der Waals surface area contributed by atoms with Crippen LogP contribution in [0.3, 0.4) is 0 Å². The number of nitrogens with one attached hydrogen (secondary N) is 2. The number of benzene rings is 2. The van der Waals surface area contributed by atoms with Gasteiger partial charge in [-0.3, -0.25) is 4.79 Å². The fraction of sp³-hybridized carbons (Fsp3) is 0.211. The normalized spacial score (nSPS) is 11.7. The molecule has 9 heteroatoms. The van der Waals surface area contributed by atoms with E-state index >= 15 is 0 Å². The molecule has 146 valence electrons. The maximum Gasteiger partial charge on any atom is 0.237 e. The van der Waals surface area contributed by atoms with Crippen molar-refractivity contribution in [2.24, 2.45) is 0 Å². The Balaban J connectivity index is 1.58. The van der Waals surface area contributed by atoms with Crippen molar-refractivity contribution in [3.05, 3.63) is 53.8 Å². The lowest BCUT2D eigenvalue weighted by molar-refractivity contribution is -0.115. The second-order valence-electron chi connectivity index (χ2n) is 5.94. The van der Waals surface area contributed by atoms with E-state index in [2.05, 4.69) is 20.8 Å². The van der Waals surface area contributed by atoms with Crippen molar-refractivity contribution < 1.29 is 13.9 Å². The average molecular weight is 419 g/mol. The molecule has 28 heavy (non-hydrogen) atoms. The molecule has 0 spiro atoms. The molecule has 0 saturated heterocycles. The average Bonchev–Trinajstić information content (AvgIpc) is 3.11. The number of aryl methyl sites for hydroxylation is 1. The van der Waals surface area contributed by atoms with Crippen LogP contribution in [0, 0.1) is 12.7 Å². The van der Waals surface area contributed by atoms with Crippen LogP contribution in [0.2, 0.25) is 0 Å². The molecule has 1 heterocycles. The Labute approximate surface area is 170 Å². The summed E-state index contributed by atoms with van der Waals surface area (Å²) in [5.41, 5.74) is 1.79. The fourth-order valence-electron chi connectivity index (χ4n) is 2.25.